The lowest BCUT2D eigenvalue weighted by Crippen LogP contribution is -2.42. The highest BCUT2D eigenvalue weighted by molar-refractivity contribution is 9.10. The molecule has 16 heavy (non-hydrogen) atoms. The Morgan fingerprint density at radius 3 is 2.56 bits per heavy atom. The summed E-state index contributed by atoms with van der Waals surface area (Å²) in [5, 5.41) is 6.63. The molecule has 2 N–H and O–H groups in total. The summed E-state index contributed by atoms with van der Waals surface area (Å²) in [5.74, 6) is 0.846. The molecule has 0 bridgehead atoms. The van der Waals surface area contributed by atoms with Crippen LogP contribution in [-0.2, 0) is 0 Å². The second kappa shape index (κ2) is 5.55. The third-order valence-electron chi connectivity index (χ3n) is 2.56. The molecule has 0 radical (unpaired) electrons. The molecule has 0 aromatic heterocycles. The number of likely N-dealkylation sites (N-methyl/N-ethyl adjacent to an activating group) is 1. The van der Waals surface area contributed by atoms with E-state index in [0.717, 1.165) is 22.5 Å². The summed E-state index contributed by atoms with van der Waals surface area (Å²) in [4.78, 5) is 0. The van der Waals surface area contributed by atoms with Gasteiger partial charge in [-0.15, -0.1) is 0 Å². The van der Waals surface area contributed by atoms with Crippen LogP contribution in [0, 0.1) is 0 Å². The number of nitrogens with one attached hydrogen (secondary N) is 2. The van der Waals surface area contributed by atoms with E-state index in [1.54, 1.807) is 7.11 Å². The largest absolute Gasteiger partial charge is 0.496 e. The van der Waals surface area contributed by atoms with E-state index in [1.165, 1.54) is 0 Å². The quantitative estimate of drug-likeness (QED) is 0.873. The second-order valence-electron chi connectivity index (χ2n) is 4.34. The van der Waals surface area contributed by atoms with Crippen molar-refractivity contribution < 1.29 is 4.74 Å². The van der Waals surface area contributed by atoms with Crippen LogP contribution in [0.1, 0.15) is 13.8 Å². The van der Waals surface area contributed by atoms with Gasteiger partial charge in [-0.25, -0.2) is 0 Å². The molecular weight excluding hydrogens is 268 g/mol. The molecule has 0 atom stereocenters. The van der Waals surface area contributed by atoms with Crippen LogP contribution in [-0.4, -0.2) is 26.2 Å². The van der Waals surface area contributed by atoms with Gasteiger partial charge in [0.25, 0.3) is 0 Å². The number of hydrogen-bond acceptors (Lipinski definition) is 3. The third kappa shape index (κ3) is 3.68. The zero-order valence-corrected chi connectivity index (χ0v) is 11.8. The van der Waals surface area contributed by atoms with E-state index in [0.29, 0.717) is 0 Å². The molecular formula is C12H19BrN2O. The van der Waals surface area contributed by atoms with Gasteiger partial charge in [0.15, 0.2) is 0 Å². The maximum absolute atomic E-state index is 5.18. The second-order valence-corrected chi connectivity index (χ2v) is 5.19. The lowest BCUT2D eigenvalue weighted by atomic mass is 10.1. The first-order chi connectivity index (χ1) is 7.48. The molecule has 0 fully saturated rings. The van der Waals surface area contributed by atoms with Crippen molar-refractivity contribution in [2.24, 2.45) is 0 Å². The van der Waals surface area contributed by atoms with E-state index in [9.17, 15) is 0 Å². The van der Waals surface area contributed by atoms with Gasteiger partial charge in [-0.2, -0.15) is 0 Å². The number of halogens is 1. The Bertz CT molecular complexity index is 353. The highest BCUT2D eigenvalue weighted by atomic mass is 79.9. The first-order valence-corrected chi connectivity index (χ1v) is 6.04. The van der Waals surface area contributed by atoms with Crippen LogP contribution in [0.3, 0.4) is 0 Å². The number of ether oxygens (including phenoxy) is 1. The van der Waals surface area contributed by atoms with Crippen molar-refractivity contribution in [2.45, 2.75) is 19.4 Å². The van der Waals surface area contributed by atoms with Crippen LogP contribution in [0.25, 0.3) is 0 Å². The maximum atomic E-state index is 5.18. The van der Waals surface area contributed by atoms with Gasteiger partial charge in [-0.05, 0) is 55.0 Å². The lowest BCUT2D eigenvalue weighted by Gasteiger charge is -2.25. The van der Waals surface area contributed by atoms with Crippen molar-refractivity contribution in [3.8, 4) is 5.75 Å². The molecule has 1 aromatic rings. The molecule has 3 nitrogen and oxygen atoms in total. The fourth-order valence-electron chi connectivity index (χ4n) is 1.19. The molecule has 0 aliphatic rings. The van der Waals surface area contributed by atoms with Crippen LogP contribution < -0.4 is 15.4 Å². The summed E-state index contributed by atoms with van der Waals surface area (Å²) in [5.41, 5.74) is 1.16. The van der Waals surface area contributed by atoms with Gasteiger partial charge in [0.1, 0.15) is 5.75 Å². The van der Waals surface area contributed by atoms with Gasteiger partial charge in [-0.3, -0.25) is 0 Å². The number of hydrogen-bond donors (Lipinski definition) is 2. The maximum Gasteiger partial charge on any atom is 0.133 e. The minimum atomic E-state index is 0.0758. The van der Waals surface area contributed by atoms with Crippen molar-refractivity contribution in [3.05, 3.63) is 22.7 Å². The van der Waals surface area contributed by atoms with Gasteiger partial charge in [0.2, 0.25) is 0 Å². The fraction of sp³-hybridized carbons (Fsp3) is 0.500. The topological polar surface area (TPSA) is 33.3 Å². The molecule has 4 heteroatoms. The van der Waals surface area contributed by atoms with Crippen LogP contribution in [0.4, 0.5) is 5.69 Å². The average Bonchev–Trinajstić information content (AvgIpc) is 2.27. The summed E-state index contributed by atoms with van der Waals surface area (Å²) in [7, 11) is 3.63. The van der Waals surface area contributed by atoms with Crippen molar-refractivity contribution >= 4 is 21.6 Å². The number of benzene rings is 1. The summed E-state index contributed by atoms with van der Waals surface area (Å²) in [6, 6.07) is 5.97. The Kier molecular flexibility index (Phi) is 4.62. The Hall–Kier alpha value is -0.740. The molecule has 1 aromatic carbocycles. The minimum Gasteiger partial charge on any atom is -0.496 e. The van der Waals surface area contributed by atoms with Crippen molar-refractivity contribution in [1.82, 2.24) is 5.32 Å². The van der Waals surface area contributed by atoms with E-state index in [4.69, 9.17) is 4.74 Å². The van der Waals surface area contributed by atoms with Crippen LogP contribution >= 0.6 is 15.9 Å². The first-order valence-electron chi connectivity index (χ1n) is 5.25. The van der Waals surface area contributed by atoms with Gasteiger partial charge >= 0.3 is 0 Å². The molecule has 90 valence electrons. The zero-order valence-electron chi connectivity index (χ0n) is 10.2. The first kappa shape index (κ1) is 13.3. The number of rotatable bonds is 5. The SMILES string of the molecule is CNC(C)(C)CNc1ccc(OC)c(Br)c1. The van der Waals surface area contributed by atoms with E-state index < -0.39 is 0 Å². The van der Waals surface area contributed by atoms with E-state index in [2.05, 4.69) is 40.4 Å². The molecule has 0 saturated heterocycles. The van der Waals surface area contributed by atoms with Gasteiger partial charge < -0.3 is 15.4 Å². The van der Waals surface area contributed by atoms with Crippen molar-refractivity contribution in [2.75, 3.05) is 26.0 Å². The Morgan fingerprint density at radius 2 is 2.06 bits per heavy atom. The monoisotopic (exact) mass is 286 g/mol. The smallest absolute Gasteiger partial charge is 0.133 e. The molecule has 0 heterocycles. The van der Waals surface area contributed by atoms with Crippen LogP contribution in [0.2, 0.25) is 0 Å². The summed E-state index contributed by atoms with van der Waals surface area (Å²) < 4.78 is 6.14. The molecule has 0 aliphatic heterocycles. The van der Waals surface area contributed by atoms with E-state index in [1.807, 2.05) is 25.2 Å². The minimum absolute atomic E-state index is 0.0758. The Balaban J connectivity index is 2.65. The summed E-state index contributed by atoms with van der Waals surface area (Å²) in [6.45, 7) is 5.17. The summed E-state index contributed by atoms with van der Waals surface area (Å²) >= 11 is 3.46. The van der Waals surface area contributed by atoms with Gasteiger partial charge in [0, 0.05) is 17.8 Å². The molecule has 0 spiro atoms. The normalized spacial score (nSPS) is 11.3. The fourth-order valence-corrected chi connectivity index (χ4v) is 1.73. The van der Waals surface area contributed by atoms with Crippen molar-refractivity contribution in [1.29, 1.82) is 0 Å². The van der Waals surface area contributed by atoms with E-state index >= 15 is 0 Å². The molecule has 0 amide bonds. The highest BCUT2D eigenvalue weighted by Crippen LogP contribution is 2.27. The molecule has 0 unspecified atom stereocenters. The molecule has 0 saturated carbocycles. The predicted octanol–water partition coefficient (Wildman–Crippen LogP) is 2.87. The molecule has 1 rings (SSSR count). The summed E-state index contributed by atoms with van der Waals surface area (Å²) in [6.07, 6.45) is 0. The average molecular weight is 287 g/mol. The van der Waals surface area contributed by atoms with Gasteiger partial charge in [-0.1, -0.05) is 0 Å². The molecule has 0 aliphatic carbocycles. The van der Waals surface area contributed by atoms with E-state index in [-0.39, 0.29) is 5.54 Å². The Labute approximate surface area is 106 Å². The lowest BCUT2D eigenvalue weighted by molar-refractivity contribution is 0.412. The number of anilines is 1. The van der Waals surface area contributed by atoms with Gasteiger partial charge in [0.05, 0.1) is 11.6 Å². The zero-order chi connectivity index (χ0) is 12.2. The standard InChI is InChI=1S/C12H19BrN2O/c1-12(2,14-3)8-15-9-5-6-11(16-4)10(13)7-9/h5-7,14-15H,8H2,1-4H3. The van der Waals surface area contributed by atoms with Crippen molar-refractivity contribution in [3.63, 3.8) is 0 Å². The highest BCUT2D eigenvalue weighted by Gasteiger charge is 2.13. The van der Waals surface area contributed by atoms with Crippen LogP contribution in [0.5, 0.6) is 5.75 Å². The number of methoxy groups -OCH3 is 1. The Morgan fingerprint density at radius 1 is 1.38 bits per heavy atom. The van der Waals surface area contributed by atoms with Crippen LogP contribution in [0.15, 0.2) is 22.7 Å². The predicted molar refractivity (Wildman–Crippen MR) is 72.3 cm³/mol. The third-order valence-corrected chi connectivity index (χ3v) is 3.18.